The van der Waals surface area contributed by atoms with Gasteiger partial charge in [0.1, 0.15) is 11.4 Å². The highest BCUT2D eigenvalue weighted by atomic mass is 16.6. The summed E-state index contributed by atoms with van der Waals surface area (Å²) < 4.78 is 13.9. The molecule has 1 N–H and O–H groups in total. The predicted molar refractivity (Wildman–Crippen MR) is 124 cm³/mol. The second-order valence-corrected chi connectivity index (χ2v) is 8.13. The van der Waals surface area contributed by atoms with Crippen LogP contribution in [0.5, 0.6) is 5.75 Å². The van der Waals surface area contributed by atoms with Gasteiger partial charge < -0.3 is 14.8 Å². The van der Waals surface area contributed by atoms with E-state index in [1.807, 2.05) is 36.4 Å². The highest BCUT2D eigenvalue weighted by Gasteiger charge is 2.23. The van der Waals surface area contributed by atoms with Crippen molar-refractivity contribution in [3.05, 3.63) is 75.7 Å². The number of nitrogens with zero attached hydrogens (tertiary/aromatic N) is 2. The number of aryl methyl sites for hydroxylation is 2. The van der Waals surface area contributed by atoms with Gasteiger partial charge in [0, 0.05) is 7.05 Å². The van der Waals surface area contributed by atoms with Gasteiger partial charge in [-0.05, 0) is 68.5 Å². The van der Waals surface area contributed by atoms with E-state index < -0.39 is 18.0 Å². The molecule has 8 heteroatoms. The molecule has 33 heavy (non-hydrogen) atoms. The van der Waals surface area contributed by atoms with Crippen LogP contribution in [0.4, 0.5) is 5.69 Å². The van der Waals surface area contributed by atoms with Crippen LogP contribution in [0.2, 0.25) is 0 Å². The largest absolute Gasteiger partial charge is 0.482 e. The van der Waals surface area contributed by atoms with Gasteiger partial charge in [0.05, 0.1) is 11.4 Å². The molecular weight excluding hydrogens is 422 g/mol. The Kier molecular flexibility index (Phi) is 6.35. The van der Waals surface area contributed by atoms with Crippen LogP contribution in [0.25, 0.3) is 5.69 Å². The maximum absolute atomic E-state index is 12.9. The molecule has 0 radical (unpaired) electrons. The Hall–Kier alpha value is -3.81. The molecule has 1 heterocycles. The van der Waals surface area contributed by atoms with E-state index in [1.165, 1.54) is 22.7 Å². The van der Waals surface area contributed by atoms with Gasteiger partial charge in [-0.2, -0.15) is 0 Å². The zero-order chi connectivity index (χ0) is 23.5. The van der Waals surface area contributed by atoms with Crippen molar-refractivity contribution in [1.29, 1.82) is 0 Å². The number of hydrogen-bond donors (Lipinski definition) is 1. The minimum atomic E-state index is -1.09. The number of benzene rings is 2. The lowest BCUT2D eigenvalue weighted by Gasteiger charge is -2.13. The van der Waals surface area contributed by atoms with Gasteiger partial charge in [0.15, 0.2) is 12.7 Å². The Morgan fingerprint density at radius 1 is 1.09 bits per heavy atom. The first-order valence-electron chi connectivity index (χ1n) is 10.9. The topological polar surface area (TPSA) is 91.6 Å². The van der Waals surface area contributed by atoms with Crippen molar-refractivity contribution in [2.45, 2.75) is 39.2 Å². The van der Waals surface area contributed by atoms with Crippen molar-refractivity contribution >= 4 is 17.6 Å². The summed E-state index contributed by atoms with van der Waals surface area (Å²) in [6, 6.07) is 14.9. The van der Waals surface area contributed by atoms with E-state index in [1.54, 1.807) is 30.8 Å². The van der Waals surface area contributed by atoms with E-state index in [0.29, 0.717) is 17.1 Å². The first-order valence-corrected chi connectivity index (χ1v) is 10.9. The number of anilines is 1. The van der Waals surface area contributed by atoms with Crippen LogP contribution >= 0.6 is 0 Å². The monoisotopic (exact) mass is 449 g/mol. The van der Waals surface area contributed by atoms with Crippen molar-refractivity contribution in [3.63, 3.8) is 0 Å². The molecule has 1 aliphatic rings. The Bertz CT molecular complexity index is 1240. The molecular formula is C25H27N3O5. The van der Waals surface area contributed by atoms with Crippen LogP contribution in [0.1, 0.15) is 30.2 Å². The van der Waals surface area contributed by atoms with Crippen LogP contribution < -0.4 is 15.6 Å². The Morgan fingerprint density at radius 3 is 2.58 bits per heavy atom. The molecule has 0 bridgehead atoms. The maximum atomic E-state index is 12.9. The molecule has 172 valence electrons. The van der Waals surface area contributed by atoms with E-state index in [9.17, 15) is 14.4 Å². The van der Waals surface area contributed by atoms with Crippen LogP contribution in [-0.2, 0) is 34.2 Å². The Labute approximate surface area is 191 Å². The summed E-state index contributed by atoms with van der Waals surface area (Å²) in [7, 11) is 1.74. The molecule has 1 aromatic heterocycles. The number of rotatable bonds is 7. The van der Waals surface area contributed by atoms with Crippen LogP contribution in [-0.4, -0.2) is 34.0 Å². The third-order valence-electron chi connectivity index (χ3n) is 5.91. The number of ether oxygens (including phenoxy) is 2. The van der Waals surface area contributed by atoms with E-state index in [-0.39, 0.29) is 17.9 Å². The minimum absolute atomic E-state index is 0.142. The zero-order valence-electron chi connectivity index (χ0n) is 19.0. The lowest BCUT2D eigenvalue weighted by molar-refractivity contribution is -0.155. The molecule has 0 unspecified atom stereocenters. The molecule has 3 aromatic rings. The summed E-state index contributed by atoms with van der Waals surface area (Å²) in [5.41, 5.74) is 3.59. The highest BCUT2D eigenvalue weighted by Crippen LogP contribution is 2.26. The Balaban J connectivity index is 1.37. The van der Waals surface area contributed by atoms with Gasteiger partial charge in [-0.15, -0.1) is 0 Å². The van der Waals surface area contributed by atoms with Crippen molar-refractivity contribution in [2.75, 3.05) is 11.9 Å². The minimum Gasteiger partial charge on any atom is -0.482 e. The van der Waals surface area contributed by atoms with Crippen LogP contribution in [0, 0.1) is 6.92 Å². The number of hydrogen-bond acceptors (Lipinski definition) is 5. The Morgan fingerprint density at radius 2 is 1.82 bits per heavy atom. The third-order valence-corrected chi connectivity index (χ3v) is 5.91. The standard InChI is InChI=1S/C25H27N3O5/c1-16-23(25(31)28(27(16)3)20-10-5-4-6-11-20)26-24(30)17(2)33-22(29)15-32-21-13-12-18-8-7-9-19(18)14-21/h4-6,10-14,17H,7-9,15H2,1-3H3,(H,26,30)/t17-/m1/s1. The molecule has 0 fully saturated rings. The summed E-state index contributed by atoms with van der Waals surface area (Å²) >= 11 is 0. The molecule has 1 aliphatic carbocycles. The van der Waals surface area contributed by atoms with Gasteiger partial charge in [-0.1, -0.05) is 24.3 Å². The van der Waals surface area contributed by atoms with Gasteiger partial charge in [0.25, 0.3) is 11.5 Å². The van der Waals surface area contributed by atoms with Crippen molar-refractivity contribution < 1.29 is 19.1 Å². The lowest BCUT2D eigenvalue weighted by Crippen LogP contribution is -2.33. The van der Waals surface area contributed by atoms with E-state index in [0.717, 1.165) is 19.3 Å². The summed E-state index contributed by atoms with van der Waals surface area (Å²) in [6.07, 6.45) is 2.12. The first-order chi connectivity index (χ1) is 15.8. The molecule has 0 spiro atoms. The lowest BCUT2D eigenvalue weighted by atomic mass is 10.1. The average molecular weight is 450 g/mol. The number of esters is 1. The molecule has 2 aromatic carbocycles. The van der Waals surface area contributed by atoms with Gasteiger partial charge >= 0.3 is 5.97 Å². The fourth-order valence-electron chi connectivity index (χ4n) is 4.00. The van der Waals surface area contributed by atoms with Crippen molar-refractivity contribution in [2.24, 2.45) is 7.05 Å². The molecule has 1 atom stereocenters. The number of carbonyl (C=O) groups excluding carboxylic acids is 2. The van der Waals surface area contributed by atoms with Crippen molar-refractivity contribution in [1.82, 2.24) is 9.36 Å². The number of amides is 1. The molecule has 0 aliphatic heterocycles. The average Bonchev–Trinajstić information content (AvgIpc) is 3.36. The summed E-state index contributed by atoms with van der Waals surface area (Å²) in [5, 5.41) is 2.61. The highest BCUT2D eigenvalue weighted by molar-refractivity contribution is 5.95. The quantitative estimate of drug-likeness (QED) is 0.560. The number of carbonyl (C=O) groups is 2. The zero-order valence-corrected chi connectivity index (χ0v) is 19.0. The summed E-state index contributed by atoms with van der Waals surface area (Å²) in [4.78, 5) is 37.8. The van der Waals surface area contributed by atoms with Crippen LogP contribution in [0.3, 0.4) is 0 Å². The first kappa shape index (κ1) is 22.4. The second kappa shape index (κ2) is 9.36. The summed E-state index contributed by atoms with van der Waals surface area (Å²) in [5.74, 6) is -0.650. The fourth-order valence-corrected chi connectivity index (χ4v) is 4.00. The molecule has 4 rings (SSSR count). The van der Waals surface area contributed by atoms with E-state index in [2.05, 4.69) is 5.32 Å². The maximum Gasteiger partial charge on any atom is 0.344 e. The number of para-hydroxylation sites is 1. The molecule has 8 nitrogen and oxygen atoms in total. The molecule has 0 saturated carbocycles. The van der Waals surface area contributed by atoms with Gasteiger partial charge in [0.2, 0.25) is 0 Å². The van der Waals surface area contributed by atoms with E-state index >= 15 is 0 Å². The van der Waals surface area contributed by atoms with Gasteiger partial charge in [-0.3, -0.25) is 14.3 Å². The molecule has 0 saturated heterocycles. The smallest absolute Gasteiger partial charge is 0.344 e. The fraction of sp³-hybridized carbons (Fsp3) is 0.320. The van der Waals surface area contributed by atoms with E-state index in [4.69, 9.17) is 9.47 Å². The van der Waals surface area contributed by atoms with Crippen LogP contribution in [0.15, 0.2) is 53.3 Å². The number of nitrogens with one attached hydrogen (secondary N) is 1. The van der Waals surface area contributed by atoms with Crippen molar-refractivity contribution in [3.8, 4) is 11.4 Å². The number of aromatic nitrogens is 2. The number of fused-ring (bicyclic) bond motifs is 1. The summed E-state index contributed by atoms with van der Waals surface area (Å²) in [6.45, 7) is 2.88. The predicted octanol–water partition coefficient (Wildman–Crippen LogP) is 2.92. The molecule has 1 amide bonds. The van der Waals surface area contributed by atoms with Gasteiger partial charge in [-0.25, -0.2) is 9.48 Å². The SMILES string of the molecule is Cc1c(NC(=O)[C@@H](C)OC(=O)COc2ccc3c(c2)CCC3)c(=O)n(-c2ccccc2)n1C. The second-order valence-electron chi connectivity index (χ2n) is 8.13. The third kappa shape index (κ3) is 4.69. The normalized spacial score (nSPS) is 13.3.